The van der Waals surface area contributed by atoms with Gasteiger partial charge in [0.1, 0.15) is 5.54 Å². The van der Waals surface area contributed by atoms with Crippen molar-refractivity contribution in [2.24, 2.45) is 0 Å². The predicted octanol–water partition coefficient (Wildman–Crippen LogP) is 4.82. The summed E-state index contributed by atoms with van der Waals surface area (Å²) < 4.78 is 0. The molecule has 5 nitrogen and oxygen atoms in total. The van der Waals surface area contributed by atoms with Crippen LogP contribution in [0.2, 0.25) is 0 Å². The number of hydrogen-bond acceptors (Lipinski definition) is 3. The van der Waals surface area contributed by atoms with Crippen molar-refractivity contribution in [2.45, 2.75) is 31.3 Å². The molecular formula is C29H31N3O2. The van der Waals surface area contributed by atoms with Gasteiger partial charge >= 0.3 is 6.03 Å². The smallest absolute Gasteiger partial charge is 0.312 e. The van der Waals surface area contributed by atoms with Crippen LogP contribution in [0, 0.1) is 0 Å². The summed E-state index contributed by atoms with van der Waals surface area (Å²) in [5.74, 6) is -0.0252. The van der Waals surface area contributed by atoms with E-state index in [4.69, 9.17) is 0 Å². The average Bonchev–Trinajstić information content (AvgIpc) is 3.06. The van der Waals surface area contributed by atoms with Crippen LogP contribution < -0.4 is 0 Å². The normalized spacial score (nSPS) is 18.1. The lowest BCUT2D eigenvalue weighted by Crippen LogP contribution is -2.55. The Balaban J connectivity index is 1.20. The minimum absolute atomic E-state index is 0.0252. The summed E-state index contributed by atoms with van der Waals surface area (Å²) in [6.45, 7) is 2.90. The molecule has 174 valence electrons. The molecule has 2 heterocycles. The third-order valence-corrected chi connectivity index (χ3v) is 7.42. The molecule has 0 radical (unpaired) electrons. The molecule has 3 aromatic rings. The number of benzene rings is 3. The number of rotatable bonds is 6. The molecule has 2 aliphatic rings. The van der Waals surface area contributed by atoms with Crippen molar-refractivity contribution in [3.8, 4) is 11.1 Å². The number of urea groups is 1. The number of amides is 3. The summed E-state index contributed by atoms with van der Waals surface area (Å²) in [4.78, 5) is 31.9. The zero-order valence-corrected chi connectivity index (χ0v) is 19.7. The molecule has 0 bridgehead atoms. The number of piperidine rings is 1. The summed E-state index contributed by atoms with van der Waals surface area (Å²) >= 11 is 0. The number of likely N-dealkylation sites (tertiary alicyclic amines) is 1. The molecule has 0 N–H and O–H groups in total. The summed E-state index contributed by atoms with van der Waals surface area (Å²) in [5.41, 5.74) is 4.15. The fourth-order valence-corrected chi connectivity index (χ4v) is 5.25. The van der Waals surface area contributed by atoms with Crippen LogP contribution in [0.15, 0.2) is 84.9 Å². The standard InChI is InChI=1S/C29H31N3O2/c1-30-28(34)32(19-16-23-8-4-2-5-9-23)27(33)29(30)17-20-31(21-18-29)22-24-12-14-26(15-13-24)25-10-6-3-7-11-25/h2-15H,16-22H2,1H3. The molecule has 0 aliphatic carbocycles. The Morgan fingerprint density at radius 1 is 0.735 bits per heavy atom. The Kier molecular flexibility index (Phi) is 6.20. The molecular weight excluding hydrogens is 422 g/mol. The summed E-state index contributed by atoms with van der Waals surface area (Å²) in [7, 11) is 1.79. The number of hydrogen-bond donors (Lipinski definition) is 0. The first-order valence-corrected chi connectivity index (χ1v) is 12.1. The van der Waals surface area contributed by atoms with Gasteiger partial charge in [-0.05, 0) is 41.5 Å². The van der Waals surface area contributed by atoms with Gasteiger partial charge in [0.2, 0.25) is 0 Å². The number of carbonyl (C=O) groups is 2. The first-order chi connectivity index (χ1) is 16.6. The topological polar surface area (TPSA) is 43.9 Å². The molecule has 0 unspecified atom stereocenters. The molecule has 0 aromatic heterocycles. The molecule has 2 saturated heterocycles. The second-order valence-corrected chi connectivity index (χ2v) is 9.40. The first kappa shape index (κ1) is 22.4. The second-order valence-electron chi connectivity index (χ2n) is 9.40. The van der Waals surface area contributed by atoms with Gasteiger partial charge in [-0.2, -0.15) is 0 Å². The molecule has 5 rings (SSSR count). The van der Waals surface area contributed by atoms with Crippen molar-refractivity contribution in [3.63, 3.8) is 0 Å². The van der Waals surface area contributed by atoms with Gasteiger partial charge < -0.3 is 4.90 Å². The van der Waals surface area contributed by atoms with E-state index < -0.39 is 5.54 Å². The number of imide groups is 1. The summed E-state index contributed by atoms with van der Waals surface area (Å²) in [6.07, 6.45) is 2.05. The van der Waals surface area contributed by atoms with Crippen LogP contribution in [-0.4, -0.2) is 58.9 Å². The molecule has 2 aliphatic heterocycles. The van der Waals surface area contributed by atoms with Gasteiger partial charge in [-0.3, -0.25) is 14.6 Å². The lowest BCUT2D eigenvalue weighted by atomic mass is 9.86. The van der Waals surface area contributed by atoms with Gasteiger partial charge in [-0.1, -0.05) is 84.9 Å². The second kappa shape index (κ2) is 9.43. The van der Waals surface area contributed by atoms with Crippen LogP contribution in [0.4, 0.5) is 4.79 Å². The van der Waals surface area contributed by atoms with Crippen molar-refractivity contribution in [1.82, 2.24) is 14.7 Å². The van der Waals surface area contributed by atoms with E-state index in [1.54, 1.807) is 11.9 Å². The zero-order valence-electron chi connectivity index (χ0n) is 19.7. The van der Waals surface area contributed by atoms with Gasteiger partial charge in [0.05, 0.1) is 0 Å². The van der Waals surface area contributed by atoms with Gasteiger partial charge in [0.25, 0.3) is 5.91 Å². The first-order valence-electron chi connectivity index (χ1n) is 12.1. The van der Waals surface area contributed by atoms with E-state index in [-0.39, 0.29) is 11.9 Å². The van der Waals surface area contributed by atoms with E-state index in [1.165, 1.54) is 21.6 Å². The molecule has 0 atom stereocenters. The third kappa shape index (κ3) is 4.24. The minimum atomic E-state index is -0.693. The highest BCUT2D eigenvalue weighted by Gasteiger charge is 2.56. The Morgan fingerprint density at radius 2 is 1.32 bits per heavy atom. The number of nitrogens with zero attached hydrogens (tertiary/aromatic N) is 3. The predicted molar refractivity (Wildman–Crippen MR) is 134 cm³/mol. The quantitative estimate of drug-likeness (QED) is 0.503. The lowest BCUT2D eigenvalue weighted by Gasteiger charge is -2.40. The highest BCUT2D eigenvalue weighted by atomic mass is 16.2. The summed E-state index contributed by atoms with van der Waals surface area (Å²) in [5, 5.41) is 0. The van der Waals surface area contributed by atoms with Gasteiger partial charge in [0, 0.05) is 33.2 Å². The maximum absolute atomic E-state index is 13.4. The van der Waals surface area contributed by atoms with Crippen LogP contribution in [-0.2, 0) is 17.8 Å². The van der Waals surface area contributed by atoms with Crippen LogP contribution in [0.3, 0.4) is 0 Å². The van der Waals surface area contributed by atoms with E-state index >= 15 is 0 Å². The molecule has 2 fully saturated rings. The van der Waals surface area contributed by atoms with Crippen molar-refractivity contribution in [1.29, 1.82) is 0 Å². The minimum Gasteiger partial charge on any atom is -0.312 e. The molecule has 34 heavy (non-hydrogen) atoms. The number of likely N-dealkylation sites (N-methyl/N-ethyl adjacent to an activating group) is 1. The maximum Gasteiger partial charge on any atom is 0.327 e. The summed E-state index contributed by atoms with van der Waals surface area (Å²) in [6, 6.07) is 29.0. The van der Waals surface area contributed by atoms with Crippen LogP contribution in [0.1, 0.15) is 24.0 Å². The molecule has 5 heteroatoms. The SMILES string of the molecule is CN1C(=O)N(CCc2ccccc2)C(=O)C12CCN(Cc1ccc(-c3ccccc3)cc1)CC2. The van der Waals surface area contributed by atoms with E-state index in [0.717, 1.165) is 25.2 Å². The Bertz CT molecular complexity index is 1140. The van der Waals surface area contributed by atoms with Crippen LogP contribution in [0.5, 0.6) is 0 Å². The maximum atomic E-state index is 13.4. The van der Waals surface area contributed by atoms with Crippen molar-refractivity contribution in [3.05, 3.63) is 96.1 Å². The zero-order chi connectivity index (χ0) is 23.5. The fourth-order valence-electron chi connectivity index (χ4n) is 5.25. The lowest BCUT2D eigenvalue weighted by molar-refractivity contribution is -0.135. The van der Waals surface area contributed by atoms with Crippen LogP contribution in [0.25, 0.3) is 11.1 Å². The van der Waals surface area contributed by atoms with Gasteiger partial charge in [-0.15, -0.1) is 0 Å². The Labute approximate surface area is 201 Å². The molecule has 3 aromatic carbocycles. The van der Waals surface area contributed by atoms with Crippen molar-refractivity contribution < 1.29 is 9.59 Å². The number of carbonyl (C=O) groups excluding carboxylic acids is 2. The Morgan fingerprint density at radius 3 is 1.97 bits per heavy atom. The van der Waals surface area contributed by atoms with Gasteiger partial charge in [0.15, 0.2) is 0 Å². The molecule has 0 saturated carbocycles. The van der Waals surface area contributed by atoms with E-state index in [1.807, 2.05) is 36.4 Å². The molecule has 3 amide bonds. The van der Waals surface area contributed by atoms with Crippen LogP contribution >= 0.6 is 0 Å². The third-order valence-electron chi connectivity index (χ3n) is 7.42. The van der Waals surface area contributed by atoms with E-state index in [0.29, 0.717) is 25.8 Å². The Hall–Kier alpha value is -3.44. The average molecular weight is 454 g/mol. The highest BCUT2D eigenvalue weighted by Crippen LogP contribution is 2.36. The van der Waals surface area contributed by atoms with Crippen molar-refractivity contribution in [2.75, 3.05) is 26.7 Å². The largest absolute Gasteiger partial charge is 0.327 e. The van der Waals surface area contributed by atoms with Crippen molar-refractivity contribution >= 4 is 11.9 Å². The monoisotopic (exact) mass is 453 g/mol. The highest BCUT2D eigenvalue weighted by molar-refractivity contribution is 6.07. The van der Waals surface area contributed by atoms with E-state index in [9.17, 15) is 9.59 Å². The van der Waals surface area contributed by atoms with Gasteiger partial charge in [-0.25, -0.2) is 4.79 Å². The van der Waals surface area contributed by atoms with E-state index in [2.05, 4.69) is 53.4 Å². The fraction of sp³-hybridized carbons (Fsp3) is 0.310. The molecule has 1 spiro atoms.